The predicted molar refractivity (Wildman–Crippen MR) is 255 cm³/mol. The summed E-state index contributed by atoms with van der Waals surface area (Å²) in [5.74, 6) is 0. The van der Waals surface area contributed by atoms with Gasteiger partial charge in [-0.15, -0.1) is 0 Å². The number of hydrogen-bond acceptors (Lipinski definition) is 1. The fraction of sp³-hybridized carbons (Fsp3) is 0.0508. The number of furan rings is 1. The second-order valence-corrected chi connectivity index (χ2v) is 17.1. The molecule has 1 aliphatic rings. The summed E-state index contributed by atoms with van der Waals surface area (Å²) >= 11 is 0. The third-order valence-corrected chi connectivity index (χ3v) is 13.6. The van der Waals surface area contributed by atoms with Crippen LogP contribution in [0.25, 0.3) is 120 Å². The maximum absolute atomic E-state index is 7.10. The van der Waals surface area contributed by atoms with Gasteiger partial charge >= 0.3 is 0 Å². The van der Waals surface area contributed by atoms with Crippen molar-refractivity contribution in [2.45, 2.75) is 19.3 Å². The lowest BCUT2D eigenvalue weighted by molar-refractivity contribution is 0.658. The fourth-order valence-corrected chi connectivity index (χ4v) is 10.8. The van der Waals surface area contributed by atoms with Gasteiger partial charge in [-0.25, -0.2) is 0 Å². The van der Waals surface area contributed by atoms with Gasteiger partial charge in [-0.05, 0) is 123 Å². The van der Waals surface area contributed by atoms with E-state index in [0.717, 1.165) is 27.7 Å². The van der Waals surface area contributed by atoms with Crippen LogP contribution < -0.4 is 0 Å². The van der Waals surface area contributed by atoms with Gasteiger partial charge in [-0.2, -0.15) is 0 Å². The van der Waals surface area contributed by atoms with Gasteiger partial charge in [0.25, 0.3) is 0 Å². The second-order valence-electron chi connectivity index (χ2n) is 17.1. The minimum absolute atomic E-state index is 0.157. The quantitative estimate of drug-likeness (QED) is 0.163. The van der Waals surface area contributed by atoms with Crippen molar-refractivity contribution in [3.63, 3.8) is 0 Å². The molecule has 11 aromatic carbocycles. The van der Waals surface area contributed by atoms with Crippen LogP contribution in [0.3, 0.4) is 0 Å². The van der Waals surface area contributed by atoms with Crippen LogP contribution >= 0.6 is 0 Å². The van der Waals surface area contributed by atoms with E-state index in [0.29, 0.717) is 0 Å². The predicted octanol–water partition coefficient (Wildman–Crippen LogP) is 16.7. The Labute approximate surface area is 347 Å². The minimum atomic E-state index is -0.157. The molecule has 12 aromatic rings. The van der Waals surface area contributed by atoms with Crippen LogP contribution in [0.5, 0.6) is 0 Å². The lowest BCUT2D eigenvalue weighted by Gasteiger charge is -2.22. The first-order valence-electron chi connectivity index (χ1n) is 21.0. The zero-order valence-corrected chi connectivity index (χ0v) is 33.4. The van der Waals surface area contributed by atoms with Gasteiger partial charge in [0.15, 0.2) is 0 Å². The van der Waals surface area contributed by atoms with Crippen molar-refractivity contribution < 1.29 is 4.42 Å². The summed E-state index contributed by atoms with van der Waals surface area (Å²) in [5, 5.41) is 14.7. The summed E-state index contributed by atoms with van der Waals surface area (Å²) in [7, 11) is 0. The summed E-state index contributed by atoms with van der Waals surface area (Å²) in [4.78, 5) is 0. The molecule has 0 bridgehead atoms. The normalized spacial score (nSPS) is 13.3. The van der Waals surface area contributed by atoms with E-state index in [1.807, 2.05) is 0 Å². The average Bonchev–Trinajstić information content (AvgIpc) is 3.80. The highest BCUT2D eigenvalue weighted by molar-refractivity contribution is 6.25. The molecule has 0 N–H and O–H groups in total. The van der Waals surface area contributed by atoms with E-state index in [1.165, 1.54) is 104 Å². The molecule has 1 aromatic heterocycles. The van der Waals surface area contributed by atoms with Gasteiger partial charge < -0.3 is 4.42 Å². The molecule has 0 radical (unpaired) electrons. The Morgan fingerprint density at radius 1 is 0.317 bits per heavy atom. The third kappa shape index (κ3) is 4.58. The van der Waals surface area contributed by atoms with Crippen LogP contribution in [-0.4, -0.2) is 0 Å². The standard InChI is InChI=1S/C59H38O/c1-59(2)51-25-12-11-23-48(51)55-52(59)34-50(58-56(55)49-31-30-36-15-4-6-18-42(36)57(49)60-58)39-28-26-38-33-40(29-27-37(38)32-39)53-44-19-7-9-21-46(44)54(47-22-10-8-20-45(47)53)43-24-13-16-35-14-3-5-17-41(35)43/h3-34H,1-2H3. The molecular formula is C59H38O. The number of benzene rings is 11. The first-order valence-corrected chi connectivity index (χ1v) is 21.0. The lowest BCUT2D eigenvalue weighted by Crippen LogP contribution is -2.15. The second kappa shape index (κ2) is 12.3. The Morgan fingerprint density at radius 2 is 0.850 bits per heavy atom. The van der Waals surface area contributed by atoms with Crippen molar-refractivity contribution in [2.75, 3.05) is 0 Å². The SMILES string of the molecule is CC1(C)c2ccccc2-c2c1cc(-c1ccc3cc(-c4c5ccccc5c(-c5cccc6ccccc56)c5ccccc45)ccc3c1)c1oc3c4ccccc4ccc3c21. The summed E-state index contributed by atoms with van der Waals surface area (Å²) in [6, 6.07) is 71.8. The topological polar surface area (TPSA) is 13.1 Å². The molecule has 0 saturated carbocycles. The maximum atomic E-state index is 7.10. The largest absolute Gasteiger partial charge is 0.455 e. The lowest BCUT2D eigenvalue weighted by atomic mass is 9.81. The molecular weight excluding hydrogens is 725 g/mol. The van der Waals surface area contributed by atoms with Gasteiger partial charge in [0.2, 0.25) is 0 Å². The molecule has 0 unspecified atom stereocenters. The summed E-state index contributed by atoms with van der Waals surface area (Å²) in [6.45, 7) is 4.74. The van der Waals surface area contributed by atoms with E-state index in [1.54, 1.807) is 0 Å². The van der Waals surface area contributed by atoms with Crippen molar-refractivity contribution in [1.29, 1.82) is 0 Å². The number of rotatable bonds is 3. The summed E-state index contributed by atoms with van der Waals surface area (Å²) < 4.78 is 7.10. The maximum Gasteiger partial charge on any atom is 0.143 e. The molecule has 60 heavy (non-hydrogen) atoms. The van der Waals surface area contributed by atoms with Crippen molar-refractivity contribution in [1.82, 2.24) is 0 Å². The van der Waals surface area contributed by atoms with Gasteiger partial charge in [0, 0.05) is 27.1 Å². The average molecular weight is 763 g/mol. The van der Waals surface area contributed by atoms with Crippen molar-refractivity contribution in [3.05, 3.63) is 205 Å². The van der Waals surface area contributed by atoms with E-state index in [-0.39, 0.29) is 5.41 Å². The summed E-state index contributed by atoms with van der Waals surface area (Å²) in [5.41, 5.74) is 14.4. The van der Waals surface area contributed by atoms with E-state index in [9.17, 15) is 0 Å². The summed E-state index contributed by atoms with van der Waals surface area (Å²) in [6.07, 6.45) is 0. The minimum Gasteiger partial charge on any atom is -0.455 e. The molecule has 1 heteroatoms. The van der Waals surface area contributed by atoms with Crippen molar-refractivity contribution in [3.8, 4) is 44.5 Å². The number of fused-ring (bicyclic) bond motifs is 13. The van der Waals surface area contributed by atoms with Crippen LogP contribution in [0.15, 0.2) is 199 Å². The first-order chi connectivity index (χ1) is 29.5. The van der Waals surface area contributed by atoms with E-state index < -0.39 is 0 Å². The molecule has 0 atom stereocenters. The van der Waals surface area contributed by atoms with Gasteiger partial charge in [-0.3, -0.25) is 0 Å². The molecule has 0 fully saturated rings. The Bertz CT molecular complexity index is 3740. The third-order valence-electron chi connectivity index (χ3n) is 13.6. The van der Waals surface area contributed by atoms with Crippen molar-refractivity contribution in [2.24, 2.45) is 0 Å². The van der Waals surface area contributed by atoms with Crippen LogP contribution in [-0.2, 0) is 5.41 Å². The molecule has 0 aliphatic heterocycles. The van der Waals surface area contributed by atoms with Crippen LogP contribution in [0.2, 0.25) is 0 Å². The van der Waals surface area contributed by atoms with Crippen LogP contribution in [0.4, 0.5) is 0 Å². The first kappa shape index (κ1) is 33.5. The molecule has 1 heterocycles. The molecule has 13 rings (SSSR count). The molecule has 0 spiro atoms. The van der Waals surface area contributed by atoms with E-state index in [2.05, 4.69) is 208 Å². The van der Waals surface area contributed by atoms with Gasteiger partial charge in [0.1, 0.15) is 11.2 Å². The Balaban J connectivity index is 1.02. The highest BCUT2D eigenvalue weighted by Gasteiger charge is 2.38. The van der Waals surface area contributed by atoms with Gasteiger partial charge in [-0.1, -0.05) is 184 Å². The fourth-order valence-electron chi connectivity index (χ4n) is 10.8. The molecule has 1 nitrogen and oxygen atoms in total. The van der Waals surface area contributed by atoms with Crippen molar-refractivity contribution >= 4 is 75.8 Å². The molecule has 280 valence electrons. The molecule has 1 aliphatic carbocycles. The molecule has 0 amide bonds. The highest BCUT2D eigenvalue weighted by Crippen LogP contribution is 2.55. The van der Waals surface area contributed by atoms with E-state index >= 15 is 0 Å². The monoisotopic (exact) mass is 762 g/mol. The van der Waals surface area contributed by atoms with Crippen LogP contribution in [0.1, 0.15) is 25.0 Å². The highest BCUT2D eigenvalue weighted by atomic mass is 16.3. The van der Waals surface area contributed by atoms with E-state index in [4.69, 9.17) is 4.42 Å². The Morgan fingerprint density at radius 3 is 1.58 bits per heavy atom. The Kier molecular flexibility index (Phi) is 6.85. The smallest absolute Gasteiger partial charge is 0.143 e. The zero-order valence-electron chi connectivity index (χ0n) is 33.4. The molecule has 0 saturated heterocycles. The van der Waals surface area contributed by atoms with Gasteiger partial charge in [0.05, 0.1) is 0 Å². The Hall–Kier alpha value is -7.48. The van der Waals surface area contributed by atoms with Crippen LogP contribution in [0, 0.1) is 0 Å². The number of hydrogen-bond donors (Lipinski definition) is 0. The zero-order chi connectivity index (χ0) is 39.7.